The summed E-state index contributed by atoms with van der Waals surface area (Å²) in [5.41, 5.74) is 0.641. The van der Waals surface area contributed by atoms with Crippen molar-refractivity contribution in [3.8, 4) is 0 Å². The molecule has 0 unspecified atom stereocenters. The molecule has 24 heavy (non-hydrogen) atoms. The third-order valence-corrected chi connectivity index (χ3v) is 6.06. The van der Waals surface area contributed by atoms with E-state index in [0.29, 0.717) is 37.3 Å². The molecule has 134 valence electrons. The Labute approximate surface area is 144 Å². The lowest BCUT2D eigenvalue weighted by atomic mass is 10.1. The summed E-state index contributed by atoms with van der Waals surface area (Å²) >= 11 is 0. The van der Waals surface area contributed by atoms with E-state index in [4.69, 9.17) is 0 Å². The second-order valence-electron chi connectivity index (χ2n) is 7.39. The van der Waals surface area contributed by atoms with Crippen molar-refractivity contribution in [2.24, 2.45) is 0 Å². The Morgan fingerprint density at radius 1 is 1.12 bits per heavy atom. The molecule has 1 heterocycles. The number of hydrogen-bond acceptors (Lipinski definition) is 4. The van der Waals surface area contributed by atoms with Gasteiger partial charge in [0, 0.05) is 37.3 Å². The molecule has 1 amide bonds. The van der Waals surface area contributed by atoms with Gasteiger partial charge in [-0.25, -0.2) is 8.42 Å². The van der Waals surface area contributed by atoms with Crippen molar-refractivity contribution >= 4 is 15.9 Å². The van der Waals surface area contributed by atoms with E-state index in [0.717, 1.165) is 0 Å². The van der Waals surface area contributed by atoms with Gasteiger partial charge in [0.05, 0.1) is 4.90 Å². The standard InChI is InChI=1S/C17H27N3O3S/c1-13-6-7-14(16(21)18-17(2,3)4)12-15(13)24(22,23)20-10-8-19(5)9-11-20/h6-7,12H,8-11H2,1-5H3,(H,18,21). The Morgan fingerprint density at radius 3 is 2.25 bits per heavy atom. The van der Waals surface area contributed by atoms with Crippen molar-refractivity contribution in [1.82, 2.24) is 14.5 Å². The maximum atomic E-state index is 13.0. The fourth-order valence-electron chi connectivity index (χ4n) is 2.60. The lowest BCUT2D eigenvalue weighted by molar-refractivity contribution is 0.0919. The predicted octanol–water partition coefficient (Wildman–Crippen LogP) is 1.46. The van der Waals surface area contributed by atoms with Crippen molar-refractivity contribution in [2.45, 2.75) is 38.1 Å². The van der Waals surface area contributed by atoms with Crippen LogP contribution in [0.3, 0.4) is 0 Å². The zero-order chi connectivity index (χ0) is 18.1. The molecule has 1 aromatic rings. The summed E-state index contributed by atoms with van der Waals surface area (Å²) in [6.07, 6.45) is 0. The molecule has 2 rings (SSSR count). The maximum absolute atomic E-state index is 13.0. The monoisotopic (exact) mass is 353 g/mol. The first-order valence-corrected chi connectivity index (χ1v) is 9.56. The molecule has 1 aromatic carbocycles. The smallest absolute Gasteiger partial charge is 0.251 e. The molecule has 7 heteroatoms. The molecule has 0 atom stereocenters. The number of rotatable bonds is 3. The van der Waals surface area contributed by atoms with Gasteiger partial charge in [0.1, 0.15) is 0 Å². The number of benzene rings is 1. The van der Waals surface area contributed by atoms with Gasteiger partial charge in [-0.1, -0.05) is 6.07 Å². The normalized spacial score (nSPS) is 17.7. The molecule has 1 fully saturated rings. The quantitative estimate of drug-likeness (QED) is 0.893. The summed E-state index contributed by atoms with van der Waals surface area (Å²) < 4.78 is 27.4. The van der Waals surface area contributed by atoms with Gasteiger partial charge in [-0.3, -0.25) is 4.79 Å². The molecule has 0 bridgehead atoms. The summed E-state index contributed by atoms with van der Waals surface area (Å²) in [6, 6.07) is 4.85. The van der Waals surface area contributed by atoms with Crippen molar-refractivity contribution in [3.05, 3.63) is 29.3 Å². The highest BCUT2D eigenvalue weighted by molar-refractivity contribution is 7.89. The molecule has 6 nitrogen and oxygen atoms in total. The highest BCUT2D eigenvalue weighted by atomic mass is 32.2. The number of hydrogen-bond donors (Lipinski definition) is 1. The highest BCUT2D eigenvalue weighted by Crippen LogP contribution is 2.22. The van der Waals surface area contributed by atoms with Crippen molar-refractivity contribution in [1.29, 1.82) is 0 Å². The molecule has 0 aliphatic carbocycles. The van der Waals surface area contributed by atoms with E-state index < -0.39 is 10.0 Å². The Balaban J connectivity index is 2.33. The van der Waals surface area contributed by atoms with E-state index in [1.54, 1.807) is 19.1 Å². The van der Waals surface area contributed by atoms with Crippen LogP contribution in [-0.2, 0) is 10.0 Å². The van der Waals surface area contributed by atoms with Gasteiger partial charge in [0.2, 0.25) is 10.0 Å². The fourth-order valence-corrected chi connectivity index (χ4v) is 4.27. The zero-order valence-electron chi connectivity index (χ0n) is 15.1. The number of likely N-dealkylation sites (N-methyl/N-ethyl adjacent to an activating group) is 1. The first kappa shape index (κ1) is 18.9. The van der Waals surface area contributed by atoms with Gasteiger partial charge in [0.25, 0.3) is 5.91 Å². The maximum Gasteiger partial charge on any atom is 0.251 e. The average molecular weight is 353 g/mol. The third kappa shape index (κ3) is 4.34. The van der Waals surface area contributed by atoms with Crippen LogP contribution in [0.25, 0.3) is 0 Å². The molecule has 0 aromatic heterocycles. The van der Waals surface area contributed by atoms with Crippen LogP contribution in [0, 0.1) is 6.92 Å². The fraction of sp³-hybridized carbons (Fsp3) is 0.588. The first-order chi connectivity index (χ1) is 11.0. The molecule has 1 aliphatic rings. The number of carbonyl (C=O) groups is 1. The van der Waals surface area contributed by atoms with Crippen LogP contribution in [0.2, 0.25) is 0 Å². The number of aryl methyl sites for hydroxylation is 1. The summed E-state index contributed by atoms with van der Waals surface area (Å²) in [5, 5.41) is 2.86. The number of piperazine rings is 1. The minimum Gasteiger partial charge on any atom is -0.347 e. The number of nitrogens with one attached hydrogen (secondary N) is 1. The minimum absolute atomic E-state index is 0.216. The van der Waals surface area contributed by atoms with Gasteiger partial charge in [0.15, 0.2) is 0 Å². The number of sulfonamides is 1. The lowest BCUT2D eigenvalue weighted by Gasteiger charge is -2.32. The van der Waals surface area contributed by atoms with E-state index in [1.807, 2.05) is 27.8 Å². The van der Waals surface area contributed by atoms with Gasteiger partial charge in [-0.15, -0.1) is 0 Å². The van der Waals surface area contributed by atoms with E-state index in [-0.39, 0.29) is 16.3 Å². The molecule has 1 aliphatic heterocycles. The van der Waals surface area contributed by atoms with Crippen LogP contribution in [0.15, 0.2) is 23.1 Å². The lowest BCUT2D eigenvalue weighted by Crippen LogP contribution is -2.47. The van der Waals surface area contributed by atoms with Crippen LogP contribution < -0.4 is 5.32 Å². The van der Waals surface area contributed by atoms with Crippen molar-refractivity contribution in [3.63, 3.8) is 0 Å². The second kappa shape index (κ2) is 6.82. The Kier molecular flexibility index (Phi) is 5.37. The van der Waals surface area contributed by atoms with E-state index in [9.17, 15) is 13.2 Å². The highest BCUT2D eigenvalue weighted by Gasteiger charge is 2.29. The van der Waals surface area contributed by atoms with Crippen LogP contribution >= 0.6 is 0 Å². The summed E-state index contributed by atoms with van der Waals surface area (Å²) in [6.45, 7) is 9.79. The van der Waals surface area contributed by atoms with E-state index in [2.05, 4.69) is 10.2 Å². The van der Waals surface area contributed by atoms with Gasteiger partial charge < -0.3 is 10.2 Å². The summed E-state index contributed by atoms with van der Waals surface area (Å²) in [4.78, 5) is 14.7. The van der Waals surface area contributed by atoms with Gasteiger partial charge in [-0.2, -0.15) is 4.31 Å². The average Bonchev–Trinajstić information content (AvgIpc) is 2.46. The largest absolute Gasteiger partial charge is 0.347 e. The molecule has 1 N–H and O–H groups in total. The molecule has 0 spiro atoms. The summed E-state index contributed by atoms with van der Waals surface area (Å²) in [5.74, 6) is -0.266. The van der Waals surface area contributed by atoms with Crippen LogP contribution in [0.5, 0.6) is 0 Å². The van der Waals surface area contributed by atoms with E-state index >= 15 is 0 Å². The number of nitrogens with zero attached hydrogens (tertiary/aromatic N) is 2. The third-order valence-electron chi connectivity index (χ3n) is 4.02. The Morgan fingerprint density at radius 2 is 1.71 bits per heavy atom. The molecule has 0 radical (unpaired) electrons. The van der Waals surface area contributed by atoms with Gasteiger partial charge >= 0.3 is 0 Å². The first-order valence-electron chi connectivity index (χ1n) is 8.12. The predicted molar refractivity (Wildman–Crippen MR) is 94.7 cm³/mol. The Bertz CT molecular complexity index is 715. The second-order valence-corrected chi connectivity index (χ2v) is 9.30. The number of amides is 1. The Hall–Kier alpha value is -1.44. The summed E-state index contributed by atoms with van der Waals surface area (Å²) in [7, 11) is -1.61. The van der Waals surface area contributed by atoms with Crippen molar-refractivity contribution < 1.29 is 13.2 Å². The molecular formula is C17H27N3O3S. The van der Waals surface area contributed by atoms with Crippen molar-refractivity contribution in [2.75, 3.05) is 33.2 Å². The van der Waals surface area contributed by atoms with Crippen LogP contribution in [-0.4, -0.2) is 62.3 Å². The minimum atomic E-state index is -3.59. The number of carbonyl (C=O) groups excluding carboxylic acids is 1. The van der Waals surface area contributed by atoms with Crippen LogP contribution in [0.1, 0.15) is 36.7 Å². The SMILES string of the molecule is Cc1ccc(C(=O)NC(C)(C)C)cc1S(=O)(=O)N1CCN(C)CC1. The topological polar surface area (TPSA) is 69.7 Å². The van der Waals surface area contributed by atoms with Crippen LogP contribution in [0.4, 0.5) is 0 Å². The van der Waals surface area contributed by atoms with Gasteiger partial charge in [-0.05, 0) is 52.4 Å². The zero-order valence-corrected chi connectivity index (χ0v) is 15.9. The van der Waals surface area contributed by atoms with E-state index in [1.165, 1.54) is 10.4 Å². The molecule has 0 saturated carbocycles. The molecule has 1 saturated heterocycles. The molecular weight excluding hydrogens is 326 g/mol.